The van der Waals surface area contributed by atoms with E-state index in [4.69, 9.17) is 0 Å². The maximum absolute atomic E-state index is 14.0. The van der Waals surface area contributed by atoms with Crippen LogP contribution in [0, 0.1) is 17.8 Å². The second-order valence-corrected chi connectivity index (χ2v) is 11.6. The largest absolute Gasteiger partial charge is 0.511 e. The van der Waals surface area contributed by atoms with Crippen molar-refractivity contribution >= 4 is 23.0 Å². The molecule has 6 N–H and O–H groups in total. The minimum absolute atomic E-state index is 0.0631. The second-order valence-electron chi connectivity index (χ2n) is 11.6. The zero-order chi connectivity index (χ0) is 28.2. The molecule has 210 valence electrons. The monoisotopic (exact) mass is 539 g/mol. The van der Waals surface area contributed by atoms with Gasteiger partial charge in [0, 0.05) is 49.8 Å². The molecule has 0 bridgehead atoms. The Balaban J connectivity index is 1.54. The Morgan fingerprint density at radius 3 is 2.49 bits per heavy atom. The summed E-state index contributed by atoms with van der Waals surface area (Å²) in [5.41, 5.74) is -1.13. The van der Waals surface area contributed by atoms with Gasteiger partial charge < -0.3 is 36.0 Å². The van der Waals surface area contributed by atoms with Crippen molar-refractivity contribution in [3.05, 3.63) is 45.4 Å². The first-order chi connectivity index (χ1) is 18.5. The van der Waals surface area contributed by atoms with Crippen molar-refractivity contribution in [3.8, 4) is 5.75 Å². The predicted molar refractivity (Wildman–Crippen MR) is 144 cm³/mol. The molecule has 0 spiro atoms. The molecule has 3 atom stereocenters. The molecule has 1 aromatic carbocycles. The summed E-state index contributed by atoms with van der Waals surface area (Å²) >= 11 is 0. The number of carbonyl (C=O) groups excluding carboxylic acids is 3. The summed E-state index contributed by atoms with van der Waals surface area (Å²) < 4.78 is 0. The molecule has 0 amide bonds. The van der Waals surface area contributed by atoms with Crippen LogP contribution in [0.2, 0.25) is 0 Å². The minimum atomic E-state index is -2.49. The Bertz CT molecular complexity index is 1310. The van der Waals surface area contributed by atoms with Gasteiger partial charge in [0.25, 0.3) is 0 Å². The lowest BCUT2D eigenvalue weighted by Crippen LogP contribution is -2.56. The number of nitrogens with zero attached hydrogens (tertiary/aromatic N) is 1. The number of aliphatic hydroxyl groups is 3. The number of rotatable bonds is 6. The van der Waals surface area contributed by atoms with E-state index in [-0.39, 0.29) is 29.7 Å². The van der Waals surface area contributed by atoms with Gasteiger partial charge in [0.15, 0.2) is 17.2 Å². The molecule has 0 saturated carbocycles. The number of hydrogen-bond acceptors (Lipinski definition) is 10. The predicted octanol–water partition coefficient (Wildman–Crippen LogP) is 1.84. The molecule has 0 unspecified atom stereocenters. The highest BCUT2D eigenvalue weighted by molar-refractivity contribution is 6.25. The zero-order valence-electron chi connectivity index (χ0n) is 22.6. The lowest BCUT2D eigenvalue weighted by Gasteiger charge is -2.46. The minimum Gasteiger partial charge on any atom is -0.511 e. The molecular weight excluding hydrogens is 502 g/mol. The fourth-order valence-electron chi connectivity index (χ4n) is 6.86. The number of aliphatic hydroxyl groups excluding tert-OH is 2. The molecule has 1 heterocycles. The highest BCUT2D eigenvalue weighted by Crippen LogP contribution is 2.52. The van der Waals surface area contributed by atoms with Crippen LogP contribution in [0.3, 0.4) is 0 Å². The van der Waals surface area contributed by atoms with Crippen molar-refractivity contribution < 1.29 is 34.8 Å². The lowest BCUT2D eigenvalue weighted by atomic mass is 9.60. The number of fused-ring (bicyclic) bond motifs is 3. The van der Waals surface area contributed by atoms with Crippen molar-refractivity contribution in [1.29, 1.82) is 0 Å². The van der Waals surface area contributed by atoms with Gasteiger partial charge in [-0.3, -0.25) is 14.4 Å². The summed E-state index contributed by atoms with van der Waals surface area (Å²) in [6, 6.07) is 1.88. The van der Waals surface area contributed by atoms with Crippen LogP contribution in [0.1, 0.15) is 54.1 Å². The van der Waals surface area contributed by atoms with Gasteiger partial charge in [0.2, 0.25) is 5.78 Å². The number of ketones is 3. The maximum atomic E-state index is 14.0. The summed E-state index contributed by atoms with van der Waals surface area (Å²) in [4.78, 5) is 41.1. The average Bonchev–Trinajstić information content (AvgIpc) is 2.87. The Kier molecular flexibility index (Phi) is 7.07. The van der Waals surface area contributed by atoms with Crippen molar-refractivity contribution in [2.75, 3.05) is 38.6 Å². The topological polar surface area (TPSA) is 159 Å². The molecule has 0 radical (unpaired) electrons. The Labute approximate surface area is 227 Å². The molecule has 1 fully saturated rings. The molecule has 39 heavy (non-hydrogen) atoms. The van der Waals surface area contributed by atoms with Crippen molar-refractivity contribution in [1.82, 2.24) is 10.6 Å². The number of carbonyl (C=O) groups is 3. The number of aromatic hydroxyl groups is 1. The summed E-state index contributed by atoms with van der Waals surface area (Å²) in [6.07, 6.45) is 2.42. The van der Waals surface area contributed by atoms with E-state index in [0.29, 0.717) is 30.0 Å². The van der Waals surface area contributed by atoms with E-state index in [2.05, 4.69) is 10.6 Å². The first-order valence-electron chi connectivity index (χ1n) is 13.6. The Morgan fingerprint density at radius 1 is 1.15 bits per heavy atom. The van der Waals surface area contributed by atoms with Crippen molar-refractivity contribution in [2.24, 2.45) is 17.8 Å². The van der Waals surface area contributed by atoms with E-state index in [9.17, 15) is 34.8 Å². The second kappa shape index (κ2) is 10.1. The van der Waals surface area contributed by atoms with Crippen LogP contribution in [0.15, 0.2) is 28.7 Å². The van der Waals surface area contributed by atoms with Gasteiger partial charge in [0.1, 0.15) is 22.8 Å². The van der Waals surface area contributed by atoms with Gasteiger partial charge in [-0.25, -0.2) is 0 Å². The van der Waals surface area contributed by atoms with Crippen molar-refractivity contribution in [2.45, 2.75) is 51.2 Å². The van der Waals surface area contributed by atoms with Crippen LogP contribution in [-0.2, 0) is 22.6 Å². The van der Waals surface area contributed by atoms with Gasteiger partial charge in [-0.15, -0.1) is 0 Å². The van der Waals surface area contributed by atoms with E-state index < -0.39 is 51.9 Å². The quantitative estimate of drug-likeness (QED) is 0.295. The molecule has 3 aliphatic carbocycles. The molecule has 0 aromatic heterocycles. The fraction of sp³-hybridized carbons (Fsp3) is 0.552. The summed E-state index contributed by atoms with van der Waals surface area (Å²) in [5.74, 6) is -4.72. The highest BCUT2D eigenvalue weighted by atomic mass is 16.3. The summed E-state index contributed by atoms with van der Waals surface area (Å²) in [7, 11) is 3.72. The van der Waals surface area contributed by atoms with Gasteiger partial charge in [-0.05, 0) is 75.7 Å². The number of Topliss-reactive ketones (excluding diaryl/α,β-unsaturated/α-hetero) is 3. The van der Waals surface area contributed by atoms with Crippen LogP contribution in [0.25, 0.3) is 0 Å². The highest BCUT2D eigenvalue weighted by Gasteiger charge is 2.59. The van der Waals surface area contributed by atoms with Crippen LogP contribution in [0.5, 0.6) is 5.75 Å². The van der Waals surface area contributed by atoms with E-state index >= 15 is 0 Å². The number of phenols is 1. The molecular formula is C29H37N3O7. The number of anilines is 1. The van der Waals surface area contributed by atoms with E-state index in [0.717, 1.165) is 45.1 Å². The van der Waals surface area contributed by atoms with E-state index in [1.807, 2.05) is 25.1 Å². The van der Waals surface area contributed by atoms with Gasteiger partial charge in [0.05, 0.1) is 5.56 Å². The molecule has 10 heteroatoms. The SMILES string of the molecule is CC(=O)C1=C(O)C[C@@H]2C[C@@H]3Cc4c(N(C)C)cc(CNCC5CCNCC5)c(O)c4C(=O)C3=C(O)[C@]2(O)C1=O. The van der Waals surface area contributed by atoms with E-state index in [1.54, 1.807) is 0 Å². The van der Waals surface area contributed by atoms with Crippen LogP contribution in [-0.4, -0.2) is 77.1 Å². The summed E-state index contributed by atoms with van der Waals surface area (Å²) in [6.45, 7) is 4.20. The number of nitrogens with one attached hydrogen (secondary N) is 2. The smallest absolute Gasteiger partial charge is 0.209 e. The lowest BCUT2D eigenvalue weighted by molar-refractivity contribution is -0.144. The normalized spacial score (nSPS) is 27.3. The van der Waals surface area contributed by atoms with Crippen LogP contribution < -0.4 is 15.5 Å². The molecule has 1 aromatic rings. The molecule has 1 aliphatic heterocycles. The number of piperidine rings is 1. The maximum Gasteiger partial charge on any atom is 0.209 e. The first kappa shape index (κ1) is 27.4. The average molecular weight is 540 g/mol. The van der Waals surface area contributed by atoms with Gasteiger partial charge >= 0.3 is 0 Å². The molecule has 10 nitrogen and oxygen atoms in total. The molecule has 4 aliphatic rings. The zero-order valence-corrected chi connectivity index (χ0v) is 22.6. The Morgan fingerprint density at radius 2 is 1.85 bits per heavy atom. The first-order valence-corrected chi connectivity index (χ1v) is 13.6. The third-order valence-corrected chi connectivity index (χ3v) is 8.91. The van der Waals surface area contributed by atoms with Crippen LogP contribution >= 0.6 is 0 Å². The number of benzene rings is 1. The number of allylic oxidation sites excluding steroid dienone is 2. The van der Waals surface area contributed by atoms with Gasteiger partial charge in [-0.2, -0.15) is 0 Å². The third kappa shape index (κ3) is 4.34. The standard InChI is InChI=1S/C29H37N3O7/c1-14(33)22-21(34)11-18-8-16-9-19-20(32(2)3)10-17(13-31-12-15-4-6-30-7-5-15)25(35)24(19)26(36)23(16)28(38)29(18,39)27(22)37/h10,15-16,18,30-31,34-35,38-39H,4-9,11-13H2,1-3H3/t16-,18+,29-/m1/s1. The van der Waals surface area contributed by atoms with Crippen LogP contribution in [0.4, 0.5) is 5.69 Å². The summed E-state index contributed by atoms with van der Waals surface area (Å²) in [5, 5.41) is 51.3. The Hall–Kier alpha value is -3.21. The molecule has 1 saturated heterocycles. The third-order valence-electron chi connectivity index (χ3n) is 8.91. The van der Waals surface area contributed by atoms with E-state index in [1.165, 1.54) is 0 Å². The molecule has 5 rings (SSSR count). The van der Waals surface area contributed by atoms with Gasteiger partial charge in [-0.1, -0.05) is 0 Å². The fourth-order valence-corrected chi connectivity index (χ4v) is 6.86. The number of phenolic OH excluding ortho intramolecular Hbond substituents is 1. The number of hydrogen-bond donors (Lipinski definition) is 6. The van der Waals surface area contributed by atoms with Crippen molar-refractivity contribution in [3.63, 3.8) is 0 Å².